The molecule has 0 spiro atoms. The van der Waals surface area contributed by atoms with Gasteiger partial charge in [0.25, 0.3) is 0 Å². The van der Waals surface area contributed by atoms with Crippen LogP contribution in [0.15, 0.2) is 0 Å². The van der Waals surface area contributed by atoms with Crippen LogP contribution in [0.2, 0.25) is 0 Å². The summed E-state index contributed by atoms with van der Waals surface area (Å²) in [4.78, 5) is 0. The van der Waals surface area contributed by atoms with Crippen LogP contribution in [-0.4, -0.2) is 0 Å². The summed E-state index contributed by atoms with van der Waals surface area (Å²) in [7, 11) is 0. The van der Waals surface area contributed by atoms with E-state index in [2.05, 4.69) is 27.7 Å². The van der Waals surface area contributed by atoms with Crippen LogP contribution in [-0.2, 0) is 0 Å². The molecule has 0 aromatic carbocycles. The first kappa shape index (κ1) is 8.87. The fourth-order valence-electron chi connectivity index (χ4n) is 1.16. The van der Waals surface area contributed by atoms with E-state index < -0.39 is 0 Å². The zero-order chi connectivity index (χ0) is 7.28. The summed E-state index contributed by atoms with van der Waals surface area (Å²) in [5.74, 6) is 1.71. The molecule has 0 heterocycles. The molecule has 0 N–H and O–H groups in total. The molecule has 0 radical (unpaired) electrons. The molecule has 0 aromatic rings. The van der Waals surface area contributed by atoms with Gasteiger partial charge in [-0.15, -0.1) is 0 Å². The van der Waals surface area contributed by atoms with Crippen molar-refractivity contribution in [2.75, 3.05) is 0 Å². The van der Waals surface area contributed by atoms with Gasteiger partial charge in [-0.25, -0.2) is 0 Å². The molecule has 54 valence electrons. The van der Waals surface area contributed by atoms with Gasteiger partial charge >= 0.3 is 0 Å². The molecular weight excluding hydrogens is 108 g/mol. The standard InChI is InChI=1S/C9H19/c1-5-9(6-2)7-8(3)4/h8-9H,1,5-7H2,2-4H3/q+1. The van der Waals surface area contributed by atoms with Crippen molar-refractivity contribution in [3.8, 4) is 0 Å². The van der Waals surface area contributed by atoms with Crippen LogP contribution >= 0.6 is 0 Å². The second kappa shape index (κ2) is 4.72. The molecule has 0 saturated heterocycles. The van der Waals surface area contributed by atoms with E-state index >= 15 is 0 Å². The summed E-state index contributed by atoms with van der Waals surface area (Å²) >= 11 is 0. The van der Waals surface area contributed by atoms with Gasteiger partial charge in [0.2, 0.25) is 0 Å². The first-order valence-corrected chi connectivity index (χ1v) is 3.99. The normalized spacial score (nSPS) is 14.2. The quantitative estimate of drug-likeness (QED) is 0.508. The van der Waals surface area contributed by atoms with E-state index in [0.29, 0.717) is 0 Å². The van der Waals surface area contributed by atoms with E-state index in [1.165, 1.54) is 12.8 Å². The zero-order valence-electron chi connectivity index (χ0n) is 6.98. The van der Waals surface area contributed by atoms with Crippen molar-refractivity contribution in [1.82, 2.24) is 0 Å². The fraction of sp³-hybridized carbons (Fsp3) is 0.889. The van der Waals surface area contributed by atoms with E-state index in [1.54, 1.807) is 0 Å². The Labute approximate surface area is 59.7 Å². The lowest BCUT2D eigenvalue weighted by atomic mass is 9.93. The Balaban J connectivity index is 3.31. The van der Waals surface area contributed by atoms with Crippen molar-refractivity contribution in [3.05, 3.63) is 6.92 Å². The van der Waals surface area contributed by atoms with Crippen LogP contribution in [0.25, 0.3) is 0 Å². The average molecular weight is 127 g/mol. The number of hydrogen-bond acceptors (Lipinski definition) is 0. The summed E-state index contributed by atoms with van der Waals surface area (Å²) in [6.07, 6.45) is 3.75. The molecule has 0 aliphatic heterocycles. The third kappa shape index (κ3) is 4.38. The van der Waals surface area contributed by atoms with Gasteiger partial charge in [0.05, 0.1) is 13.3 Å². The van der Waals surface area contributed by atoms with E-state index in [0.717, 1.165) is 18.3 Å². The highest BCUT2D eigenvalue weighted by atomic mass is 14.1. The van der Waals surface area contributed by atoms with Crippen LogP contribution in [0.1, 0.15) is 40.0 Å². The first-order chi connectivity index (χ1) is 4.20. The zero-order valence-corrected chi connectivity index (χ0v) is 6.98. The van der Waals surface area contributed by atoms with Gasteiger partial charge in [0, 0.05) is 0 Å². The molecular formula is C9H19+. The third-order valence-corrected chi connectivity index (χ3v) is 1.79. The molecule has 0 aliphatic rings. The SMILES string of the molecule is [CH2+]CC(CC)CC(C)C. The lowest BCUT2D eigenvalue weighted by Crippen LogP contribution is -2.01. The molecule has 1 unspecified atom stereocenters. The maximum atomic E-state index is 3.91. The van der Waals surface area contributed by atoms with E-state index in [1.807, 2.05) is 0 Å². The lowest BCUT2D eigenvalue weighted by Gasteiger charge is -2.10. The smallest absolute Gasteiger partial charge is 0.0650 e. The predicted octanol–water partition coefficient (Wildman–Crippen LogP) is 3.28. The molecule has 0 heteroatoms. The minimum Gasteiger partial charge on any atom is -0.0650 e. The summed E-state index contributed by atoms with van der Waals surface area (Å²) in [5, 5.41) is 0. The Morgan fingerprint density at radius 1 is 1.33 bits per heavy atom. The van der Waals surface area contributed by atoms with Crippen molar-refractivity contribution in [3.63, 3.8) is 0 Å². The topological polar surface area (TPSA) is 0 Å². The third-order valence-electron chi connectivity index (χ3n) is 1.79. The molecule has 0 aliphatic carbocycles. The molecule has 0 fully saturated rings. The molecule has 9 heavy (non-hydrogen) atoms. The highest BCUT2D eigenvalue weighted by Crippen LogP contribution is 2.17. The Bertz CT molecular complexity index is 51.1. The van der Waals surface area contributed by atoms with Crippen LogP contribution in [0.3, 0.4) is 0 Å². The Kier molecular flexibility index (Phi) is 4.65. The van der Waals surface area contributed by atoms with Gasteiger partial charge < -0.3 is 0 Å². The first-order valence-electron chi connectivity index (χ1n) is 3.99. The van der Waals surface area contributed by atoms with Crippen LogP contribution in [0.4, 0.5) is 0 Å². The largest absolute Gasteiger partial charge is 0.0878 e. The molecule has 0 saturated carbocycles. The maximum absolute atomic E-state index is 3.91. The van der Waals surface area contributed by atoms with Crippen molar-refractivity contribution in [2.45, 2.75) is 40.0 Å². The van der Waals surface area contributed by atoms with E-state index in [-0.39, 0.29) is 0 Å². The number of hydrogen-bond donors (Lipinski definition) is 0. The summed E-state index contributed by atoms with van der Waals surface area (Å²) in [6.45, 7) is 10.7. The van der Waals surface area contributed by atoms with Gasteiger partial charge in [-0.05, 0) is 24.7 Å². The minimum atomic E-state index is 0.844. The monoisotopic (exact) mass is 127 g/mol. The van der Waals surface area contributed by atoms with Gasteiger partial charge in [-0.3, -0.25) is 0 Å². The van der Waals surface area contributed by atoms with E-state index in [9.17, 15) is 0 Å². The maximum Gasteiger partial charge on any atom is 0.0878 e. The second-order valence-electron chi connectivity index (χ2n) is 3.19. The lowest BCUT2D eigenvalue weighted by molar-refractivity contribution is 0.401. The second-order valence-corrected chi connectivity index (χ2v) is 3.19. The highest BCUT2D eigenvalue weighted by Gasteiger charge is 2.07. The summed E-state index contributed by atoms with van der Waals surface area (Å²) in [5.41, 5.74) is 0. The molecule has 0 aromatic heterocycles. The average Bonchev–Trinajstić information content (AvgIpc) is 1.82. The fourth-order valence-corrected chi connectivity index (χ4v) is 1.16. The van der Waals surface area contributed by atoms with Crippen molar-refractivity contribution < 1.29 is 0 Å². The van der Waals surface area contributed by atoms with Crippen molar-refractivity contribution >= 4 is 0 Å². The van der Waals surface area contributed by atoms with Crippen LogP contribution in [0.5, 0.6) is 0 Å². The van der Waals surface area contributed by atoms with Crippen LogP contribution < -0.4 is 0 Å². The Hall–Kier alpha value is -0.130. The van der Waals surface area contributed by atoms with Gasteiger partial charge in [-0.1, -0.05) is 20.8 Å². The molecule has 0 bridgehead atoms. The van der Waals surface area contributed by atoms with Gasteiger partial charge in [0.15, 0.2) is 0 Å². The summed E-state index contributed by atoms with van der Waals surface area (Å²) in [6, 6.07) is 0. The van der Waals surface area contributed by atoms with Crippen LogP contribution in [0, 0.1) is 18.8 Å². The Morgan fingerprint density at radius 2 is 1.89 bits per heavy atom. The summed E-state index contributed by atoms with van der Waals surface area (Å²) < 4.78 is 0. The Morgan fingerprint density at radius 3 is 2.00 bits per heavy atom. The van der Waals surface area contributed by atoms with Gasteiger partial charge in [0.1, 0.15) is 0 Å². The van der Waals surface area contributed by atoms with Crippen molar-refractivity contribution in [1.29, 1.82) is 0 Å². The van der Waals surface area contributed by atoms with E-state index in [4.69, 9.17) is 0 Å². The molecule has 1 atom stereocenters. The molecule has 0 nitrogen and oxygen atoms in total. The minimum absolute atomic E-state index is 0.844. The van der Waals surface area contributed by atoms with Gasteiger partial charge in [-0.2, -0.15) is 0 Å². The van der Waals surface area contributed by atoms with Crippen molar-refractivity contribution in [2.24, 2.45) is 11.8 Å². The predicted molar refractivity (Wildman–Crippen MR) is 43.2 cm³/mol. The molecule has 0 rings (SSSR count). The molecule has 0 amide bonds. The number of rotatable bonds is 4. The highest BCUT2D eigenvalue weighted by molar-refractivity contribution is 4.60.